The molecule has 0 aliphatic carbocycles. The maximum atomic E-state index is 12.4. The molecule has 15 heteroatoms. The number of methoxy groups -OCH3 is 1. The second kappa shape index (κ2) is 7.22. The number of nitrogen functional groups attached to an aromatic ring is 1. The minimum Gasteiger partial charge on any atom is -0.467 e. The number of hydrogen-bond donors (Lipinski definition) is 3. The molecule has 1 aliphatic rings. The van der Waals surface area contributed by atoms with Gasteiger partial charge >= 0.3 is 16.3 Å². The van der Waals surface area contributed by atoms with Gasteiger partial charge in [0.25, 0.3) is 11.8 Å². The number of rotatable bonds is 6. The van der Waals surface area contributed by atoms with Crippen LogP contribution in [0, 0.1) is 0 Å². The molecule has 2 rings (SSSR count). The number of β-lactam (4-membered cyclic amide) rings is 1. The number of ether oxygens (including phenoxy) is 1. The molecule has 1 aromatic rings. The number of hydrogen-bond acceptors (Lipinski definition) is 11. The van der Waals surface area contributed by atoms with E-state index in [1.165, 1.54) is 5.38 Å². The van der Waals surface area contributed by atoms with Gasteiger partial charge in [-0.1, -0.05) is 5.16 Å². The number of carbonyl (C=O) groups is 3. The van der Waals surface area contributed by atoms with Gasteiger partial charge in [0.15, 0.2) is 16.9 Å². The molecule has 1 aromatic heterocycles. The summed E-state index contributed by atoms with van der Waals surface area (Å²) >= 11 is 1.02. The summed E-state index contributed by atoms with van der Waals surface area (Å²) in [5.41, 5.74) is 5.17. The highest BCUT2D eigenvalue weighted by Crippen LogP contribution is 2.25. The lowest BCUT2D eigenvalue weighted by molar-refractivity contribution is -0.162. The van der Waals surface area contributed by atoms with E-state index in [-0.39, 0.29) is 20.8 Å². The van der Waals surface area contributed by atoms with Gasteiger partial charge in [0.2, 0.25) is 0 Å². The zero-order valence-electron chi connectivity index (χ0n) is 13.3. The lowest BCUT2D eigenvalue weighted by atomic mass is 9.98. The highest BCUT2D eigenvalue weighted by Gasteiger charge is 2.58. The van der Waals surface area contributed by atoms with Gasteiger partial charge in [-0.05, 0) is 0 Å². The van der Waals surface area contributed by atoms with E-state index >= 15 is 0 Å². The van der Waals surface area contributed by atoms with Crippen molar-refractivity contribution in [2.75, 3.05) is 20.0 Å². The van der Waals surface area contributed by atoms with Crippen molar-refractivity contribution in [2.24, 2.45) is 5.16 Å². The minimum absolute atomic E-state index is 0.0416. The van der Waals surface area contributed by atoms with Crippen LogP contribution < -0.4 is 11.1 Å². The molecule has 1 fully saturated rings. The van der Waals surface area contributed by atoms with Gasteiger partial charge in [-0.15, -0.1) is 11.3 Å². The summed E-state index contributed by atoms with van der Waals surface area (Å²) in [6.07, 6.45) is 0. The summed E-state index contributed by atoms with van der Waals surface area (Å²) in [5.74, 6) is -3.37. The van der Waals surface area contributed by atoms with Crippen LogP contribution in [0.1, 0.15) is 5.69 Å². The van der Waals surface area contributed by atoms with Crippen LogP contribution in [0.5, 0.6) is 0 Å². The van der Waals surface area contributed by atoms with E-state index in [0.717, 1.165) is 25.6 Å². The fraction of sp³-hybridized carbons (Fsp3) is 0.364. The number of thiazole rings is 1. The predicted molar refractivity (Wildman–Crippen MR) is 86.2 cm³/mol. The number of nitrogens with two attached hydrogens (primary N) is 1. The van der Waals surface area contributed by atoms with E-state index < -0.39 is 40.2 Å². The Hall–Kier alpha value is -2.78. The largest absolute Gasteiger partial charge is 0.467 e. The zero-order valence-corrected chi connectivity index (χ0v) is 14.9. The van der Waals surface area contributed by atoms with Crippen molar-refractivity contribution >= 4 is 50.3 Å². The van der Waals surface area contributed by atoms with Crippen molar-refractivity contribution < 1.29 is 36.9 Å². The predicted octanol–water partition coefficient (Wildman–Crippen LogP) is -2.25. The van der Waals surface area contributed by atoms with Crippen LogP contribution in [0.2, 0.25) is 0 Å². The molecule has 0 bridgehead atoms. The van der Waals surface area contributed by atoms with E-state index in [0.29, 0.717) is 0 Å². The number of esters is 1. The molecule has 0 spiro atoms. The molecule has 2 unspecified atom stereocenters. The van der Waals surface area contributed by atoms with Crippen LogP contribution in [-0.2, 0) is 34.3 Å². The molecule has 0 saturated carbocycles. The molecule has 0 radical (unpaired) electrons. The first-order valence-corrected chi connectivity index (χ1v) is 8.91. The van der Waals surface area contributed by atoms with E-state index in [4.69, 9.17) is 10.3 Å². The van der Waals surface area contributed by atoms with Crippen LogP contribution in [0.25, 0.3) is 0 Å². The lowest BCUT2D eigenvalue weighted by Crippen LogP contribution is -2.74. The van der Waals surface area contributed by atoms with Gasteiger partial charge in [0.05, 0.1) is 7.11 Å². The standard InChI is InChI=1S/C11H13N5O8S2/c1-23-10(19)7-6(9(18)16(7)26(20,21)22)14-8(17)5(15-24-2)4-3-25-11(12)13-4/h3,6-7H,1-2H3,(H2,12,13)(H,14,17)(H,20,21,22). The average molecular weight is 407 g/mol. The second-order valence-electron chi connectivity index (χ2n) is 4.72. The van der Waals surface area contributed by atoms with E-state index in [2.05, 4.69) is 25.0 Å². The highest BCUT2D eigenvalue weighted by molar-refractivity contribution is 7.84. The topological polar surface area (TPSA) is 191 Å². The minimum atomic E-state index is -5.02. The Morgan fingerprint density at radius 3 is 2.58 bits per heavy atom. The van der Waals surface area contributed by atoms with Crippen molar-refractivity contribution in [1.29, 1.82) is 0 Å². The maximum absolute atomic E-state index is 12.4. The molecule has 142 valence electrons. The summed E-state index contributed by atoms with van der Waals surface area (Å²) in [6.45, 7) is 0. The van der Waals surface area contributed by atoms with Crippen LogP contribution in [-0.4, -0.2) is 72.1 Å². The number of aromatic nitrogens is 1. The molecule has 13 nitrogen and oxygen atoms in total. The molecule has 2 heterocycles. The monoisotopic (exact) mass is 407 g/mol. The fourth-order valence-electron chi connectivity index (χ4n) is 2.11. The quantitative estimate of drug-likeness (QED) is 0.152. The molecule has 2 amide bonds. The van der Waals surface area contributed by atoms with Crippen LogP contribution in [0.15, 0.2) is 10.5 Å². The number of carbonyl (C=O) groups excluding carboxylic acids is 3. The van der Waals surface area contributed by atoms with Crippen LogP contribution >= 0.6 is 11.3 Å². The van der Waals surface area contributed by atoms with Gasteiger partial charge in [0.1, 0.15) is 18.8 Å². The molecule has 1 saturated heterocycles. The first-order valence-electron chi connectivity index (χ1n) is 6.63. The number of anilines is 1. The second-order valence-corrected chi connectivity index (χ2v) is 6.90. The van der Waals surface area contributed by atoms with Crippen molar-refractivity contribution in [2.45, 2.75) is 12.1 Å². The Balaban J connectivity index is 2.27. The van der Waals surface area contributed by atoms with Gasteiger partial charge in [0, 0.05) is 5.38 Å². The van der Waals surface area contributed by atoms with Crippen molar-refractivity contribution in [1.82, 2.24) is 14.6 Å². The summed E-state index contributed by atoms with van der Waals surface area (Å²) in [7, 11) is -2.91. The first kappa shape index (κ1) is 19.5. The fourth-order valence-corrected chi connectivity index (χ4v) is 3.50. The van der Waals surface area contributed by atoms with Gasteiger partial charge < -0.3 is 20.6 Å². The van der Waals surface area contributed by atoms with E-state index in [1.807, 2.05) is 0 Å². The number of amides is 2. The third-order valence-electron chi connectivity index (χ3n) is 3.19. The molecular formula is C11H13N5O8S2. The molecule has 2 atom stereocenters. The first-order chi connectivity index (χ1) is 12.1. The third-order valence-corrected chi connectivity index (χ3v) is 4.77. The van der Waals surface area contributed by atoms with E-state index in [9.17, 15) is 22.8 Å². The summed E-state index contributed by atoms with van der Waals surface area (Å²) in [6, 6.07) is -3.37. The molecule has 0 aromatic carbocycles. The SMILES string of the molecule is CON=C(C(=O)NC1C(=O)N(S(=O)(=O)O)C1C(=O)OC)c1csc(N)n1. The molecule has 1 aliphatic heterocycles. The Morgan fingerprint density at radius 1 is 1.46 bits per heavy atom. The Kier molecular flexibility index (Phi) is 5.43. The number of oxime groups is 1. The third kappa shape index (κ3) is 3.58. The molecular weight excluding hydrogens is 394 g/mol. The van der Waals surface area contributed by atoms with Crippen molar-refractivity contribution in [3.05, 3.63) is 11.1 Å². The number of nitrogens with one attached hydrogen (secondary N) is 1. The Labute approximate surface area is 150 Å². The normalized spacial score (nSPS) is 20.3. The smallest absolute Gasteiger partial charge is 0.363 e. The summed E-state index contributed by atoms with van der Waals surface area (Å²) in [4.78, 5) is 44.5. The van der Waals surface area contributed by atoms with Gasteiger partial charge in [-0.25, -0.2) is 9.78 Å². The maximum Gasteiger partial charge on any atom is 0.363 e. The Bertz CT molecular complexity index is 879. The van der Waals surface area contributed by atoms with Gasteiger partial charge in [-0.2, -0.15) is 12.7 Å². The molecule has 4 N–H and O–H groups in total. The average Bonchev–Trinajstić information content (AvgIpc) is 2.98. The van der Waals surface area contributed by atoms with E-state index in [1.54, 1.807) is 0 Å². The summed E-state index contributed by atoms with van der Waals surface area (Å²) < 4.78 is 35.8. The summed E-state index contributed by atoms with van der Waals surface area (Å²) in [5, 5.41) is 7.16. The Morgan fingerprint density at radius 2 is 2.12 bits per heavy atom. The van der Waals surface area contributed by atoms with Gasteiger partial charge in [-0.3, -0.25) is 14.1 Å². The van der Waals surface area contributed by atoms with Crippen LogP contribution in [0.3, 0.4) is 0 Å². The van der Waals surface area contributed by atoms with Crippen LogP contribution in [0.4, 0.5) is 5.13 Å². The van der Waals surface area contributed by atoms with Crippen molar-refractivity contribution in [3.8, 4) is 0 Å². The number of nitrogens with zero attached hydrogens (tertiary/aromatic N) is 3. The molecule has 26 heavy (non-hydrogen) atoms. The lowest BCUT2D eigenvalue weighted by Gasteiger charge is -2.41. The zero-order chi connectivity index (χ0) is 19.6. The highest BCUT2D eigenvalue weighted by atomic mass is 32.2. The van der Waals surface area contributed by atoms with Crippen molar-refractivity contribution in [3.63, 3.8) is 0 Å².